The van der Waals surface area contributed by atoms with Crippen molar-refractivity contribution in [2.45, 2.75) is 56.4 Å². The number of rotatable bonds is 8. The topological polar surface area (TPSA) is 59.8 Å². The number of hydrogen-bond acceptors (Lipinski definition) is 4. The van der Waals surface area contributed by atoms with E-state index in [1.165, 1.54) is 56.0 Å². The van der Waals surface area contributed by atoms with Gasteiger partial charge in [-0.1, -0.05) is 56.0 Å². The molecule has 0 radical (unpaired) electrons. The van der Waals surface area contributed by atoms with Gasteiger partial charge < -0.3 is 9.88 Å². The number of nitrogens with one attached hydrogen (secondary N) is 1. The molecule has 1 aliphatic rings. The molecule has 1 amide bonds. The van der Waals surface area contributed by atoms with Crippen LogP contribution < -0.4 is 5.32 Å². The molecule has 1 aromatic heterocycles. The number of aromatic nitrogens is 3. The zero-order chi connectivity index (χ0) is 21.6. The molecule has 1 N–H and O–H groups in total. The number of nitrogens with zero attached hydrogens (tertiary/aromatic N) is 3. The average Bonchev–Trinajstić information content (AvgIpc) is 3.08. The molecule has 0 aliphatic heterocycles. The summed E-state index contributed by atoms with van der Waals surface area (Å²) in [5.41, 5.74) is -0.688. The van der Waals surface area contributed by atoms with E-state index >= 15 is 0 Å². The molecule has 1 saturated carbocycles. The van der Waals surface area contributed by atoms with Crippen molar-refractivity contribution < 1.29 is 18.0 Å². The van der Waals surface area contributed by atoms with Crippen molar-refractivity contribution in [3.63, 3.8) is 0 Å². The highest BCUT2D eigenvalue weighted by atomic mass is 32.2. The molecule has 3 rings (SSSR count). The third kappa shape index (κ3) is 6.10. The Balaban J connectivity index is 1.60. The molecular formula is C21H25F3N4OS. The largest absolute Gasteiger partial charge is 0.416 e. The second kappa shape index (κ2) is 10.1. The quantitative estimate of drug-likeness (QED) is 0.447. The summed E-state index contributed by atoms with van der Waals surface area (Å²) >= 11 is 1.21. The first kappa shape index (κ1) is 22.4. The van der Waals surface area contributed by atoms with E-state index in [2.05, 4.69) is 22.1 Å². The fraction of sp³-hybridized carbons (Fsp3) is 0.476. The van der Waals surface area contributed by atoms with Gasteiger partial charge in [0.2, 0.25) is 5.91 Å². The van der Waals surface area contributed by atoms with E-state index < -0.39 is 17.6 Å². The fourth-order valence-corrected chi connectivity index (χ4v) is 4.41. The van der Waals surface area contributed by atoms with Crippen LogP contribution in [0, 0.1) is 5.92 Å². The lowest BCUT2D eigenvalue weighted by Gasteiger charge is -2.21. The van der Waals surface area contributed by atoms with Crippen LogP contribution in [0.15, 0.2) is 42.1 Å². The molecule has 0 saturated heterocycles. The number of hydrogen-bond donors (Lipinski definition) is 1. The van der Waals surface area contributed by atoms with Gasteiger partial charge in [-0.25, -0.2) is 0 Å². The van der Waals surface area contributed by atoms with Gasteiger partial charge in [-0.05, 0) is 24.1 Å². The summed E-state index contributed by atoms with van der Waals surface area (Å²) < 4.78 is 40.4. The molecule has 2 aromatic rings. The predicted octanol–water partition coefficient (Wildman–Crippen LogP) is 5.34. The minimum absolute atomic E-state index is 0.0228. The van der Waals surface area contributed by atoms with Crippen molar-refractivity contribution in [2.75, 3.05) is 11.1 Å². The van der Waals surface area contributed by atoms with E-state index in [1.807, 2.05) is 4.57 Å². The summed E-state index contributed by atoms with van der Waals surface area (Å²) in [4.78, 5) is 12.2. The van der Waals surface area contributed by atoms with Gasteiger partial charge in [0.1, 0.15) is 5.82 Å². The van der Waals surface area contributed by atoms with Crippen LogP contribution in [0.5, 0.6) is 0 Å². The van der Waals surface area contributed by atoms with E-state index in [0.717, 1.165) is 24.4 Å². The van der Waals surface area contributed by atoms with Crippen molar-refractivity contribution >= 4 is 23.4 Å². The highest BCUT2D eigenvalue weighted by Crippen LogP contribution is 2.31. The summed E-state index contributed by atoms with van der Waals surface area (Å²) in [6.07, 6.45) is 4.35. The molecule has 0 atom stereocenters. The van der Waals surface area contributed by atoms with Crippen LogP contribution in [0.25, 0.3) is 0 Å². The molecule has 1 aromatic carbocycles. The Bertz CT molecular complexity index is 875. The Labute approximate surface area is 178 Å². The van der Waals surface area contributed by atoms with Crippen molar-refractivity contribution in [1.82, 2.24) is 14.8 Å². The molecule has 1 aliphatic carbocycles. The molecule has 1 heterocycles. The lowest BCUT2D eigenvalue weighted by molar-refractivity contribution is -0.137. The minimum Gasteiger partial charge on any atom is -0.325 e. The monoisotopic (exact) mass is 438 g/mol. The number of allylic oxidation sites excluding steroid dienone is 1. The Morgan fingerprint density at radius 2 is 2.03 bits per heavy atom. The number of benzene rings is 1. The molecule has 162 valence electrons. The molecular weight excluding hydrogens is 413 g/mol. The smallest absolute Gasteiger partial charge is 0.325 e. The van der Waals surface area contributed by atoms with E-state index in [1.54, 1.807) is 6.08 Å². The van der Waals surface area contributed by atoms with Crippen LogP contribution in [-0.2, 0) is 23.9 Å². The number of carbonyl (C=O) groups is 1. The van der Waals surface area contributed by atoms with E-state index in [0.29, 0.717) is 17.6 Å². The zero-order valence-corrected chi connectivity index (χ0v) is 17.4. The van der Waals surface area contributed by atoms with Crippen LogP contribution in [0.2, 0.25) is 0 Å². The highest BCUT2D eigenvalue weighted by Gasteiger charge is 2.30. The van der Waals surface area contributed by atoms with Gasteiger partial charge in [0.15, 0.2) is 5.16 Å². The summed E-state index contributed by atoms with van der Waals surface area (Å²) in [5.74, 6) is 1.12. The van der Waals surface area contributed by atoms with E-state index in [9.17, 15) is 18.0 Å². The maximum Gasteiger partial charge on any atom is 0.416 e. The Morgan fingerprint density at radius 3 is 2.73 bits per heavy atom. The first-order valence-electron chi connectivity index (χ1n) is 9.99. The maximum absolute atomic E-state index is 12.8. The van der Waals surface area contributed by atoms with Gasteiger partial charge in [0, 0.05) is 18.7 Å². The number of halogens is 3. The van der Waals surface area contributed by atoms with Gasteiger partial charge >= 0.3 is 6.18 Å². The summed E-state index contributed by atoms with van der Waals surface area (Å²) in [5, 5.41) is 11.7. The lowest BCUT2D eigenvalue weighted by Crippen LogP contribution is -2.16. The predicted molar refractivity (Wildman–Crippen MR) is 111 cm³/mol. The Hall–Kier alpha value is -2.29. The van der Waals surface area contributed by atoms with E-state index in [-0.39, 0.29) is 11.4 Å². The third-order valence-corrected chi connectivity index (χ3v) is 6.07. The van der Waals surface area contributed by atoms with Gasteiger partial charge in [0.05, 0.1) is 11.3 Å². The normalized spacial score (nSPS) is 15.2. The first-order valence-corrected chi connectivity index (χ1v) is 11.0. The van der Waals surface area contributed by atoms with Crippen LogP contribution in [0.4, 0.5) is 18.9 Å². The lowest BCUT2D eigenvalue weighted by atomic mass is 9.87. The minimum atomic E-state index is -4.45. The zero-order valence-electron chi connectivity index (χ0n) is 16.6. The van der Waals surface area contributed by atoms with Crippen molar-refractivity contribution in [3.8, 4) is 0 Å². The molecule has 5 nitrogen and oxygen atoms in total. The van der Waals surface area contributed by atoms with Gasteiger partial charge in [0.25, 0.3) is 0 Å². The van der Waals surface area contributed by atoms with Gasteiger partial charge in [-0.15, -0.1) is 16.8 Å². The van der Waals surface area contributed by atoms with Gasteiger partial charge in [-0.3, -0.25) is 4.79 Å². The third-order valence-electron chi connectivity index (χ3n) is 5.11. The number of alkyl halides is 3. The Kier molecular flexibility index (Phi) is 7.58. The van der Waals surface area contributed by atoms with Crippen LogP contribution in [0.1, 0.15) is 43.5 Å². The molecule has 0 bridgehead atoms. The van der Waals surface area contributed by atoms with Crippen molar-refractivity contribution in [1.29, 1.82) is 0 Å². The number of anilines is 1. The van der Waals surface area contributed by atoms with Crippen molar-refractivity contribution in [2.24, 2.45) is 5.92 Å². The van der Waals surface area contributed by atoms with Crippen LogP contribution in [-0.4, -0.2) is 26.4 Å². The number of carbonyl (C=O) groups excluding carboxylic acids is 1. The fourth-order valence-electron chi connectivity index (χ4n) is 3.64. The second-order valence-corrected chi connectivity index (χ2v) is 8.36. The standard InChI is InChI=1S/C21H25F3N4OS/c1-2-11-28-18(12-15-7-4-3-5-8-15)26-27-20(28)30-14-19(29)25-17-10-6-9-16(13-17)21(22,23)24/h2,6,9-10,13,15H,1,3-5,7-8,11-12,14H2,(H,25,29). The molecule has 0 spiro atoms. The van der Waals surface area contributed by atoms with Crippen molar-refractivity contribution in [3.05, 3.63) is 48.3 Å². The molecule has 1 fully saturated rings. The van der Waals surface area contributed by atoms with Crippen LogP contribution in [0.3, 0.4) is 0 Å². The second-order valence-electron chi connectivity index (χ2n) is 7.42. The number of amides is 1. The average molecular weight is 439 g/mol. The molecule has 30 heavy (non-hydrogen) atoms. The highest BCUT2D eigenvalue weighted by molar-refractivity contribution is 7.99. The molecule has 0 unspecified atom stereocenters. The van der Waals surface area contributed by atoms with Gasteiger partial charge in [-0.2, -0.15) is 13.2 Å². The summed E-state index contributed by atoms with van der Waals surface area (Å²) in [7, 11) is 0. The van der Waals surface area contributed by atoms with E-state index in [4.69, 9.17) is 0 Å². The Morgan fingerprint density at radius 1 is 1.27 bits per heavy atom. The van der Waals surface area contributed by atoms with Crippen LogP contribution >= 0.6 is 11.8 Å². The number of thioether (sulfide) groups is 1. The SMILES string of the molecule is C=CCn1c(CC2CCCCC2)nnc1SCC(=O)Nc1cccc(C(F)(F)F)c1. The molecule has 9 heteroatoms. The maximum atomic E-state index is 12.8. The summed E-state index contributed by atoms with van der Waals surface area (Å²) in [6, 6.07) is 4.59. The first-order chi connectivity index (χ1) is 14.4. The summed E-state index contributed by atoms with van der Waals surface area (Å²) in [6.45, 7) is 4.34.